The molecular formula is C17H14O3Se. The van der Waals surface area contributed by atoms with Crippen LogP contribution in [0.15, 0.2) is 71.2 Å². The van der Waals surface area contributed by atoms with Crippen LogP contribution in [0.2, 0.25) is 0 Å². The van der Waals surface area contributed by atoms with E-state index in [4.69, 9.17) is 4.74 Å². The van der Waals surface area contributed by atoms with Crippen LogP contribution < -0.4 is 4.46 Å². The number of hydrogen-bond acceptors (Lipinski definition) is 3. The zero-order chi connectivity index (χ0) is 14.7. The number of esters is 1. The van der Waals surface area contributed by atoms with Gasteiger partial charge in [0.25, 0.3) is 0 Å². The van der Waals surface area contributed by atoms with Gasteiger partial charge in [0.2, 0.25) is 0 Å². The van der Waals surface area contributed by atoms with E-state index in [1.165, 1.54) is 0 Å². The first-order valence-corrected chi connectivity index (χ1v) is 8.34. The topological polar surface area (TPSA) is 46.5 Å². The summed E-state index contributed by atoms with van der Waals surface area (Å²) in [5.74, 6) is -0.321. The molecule has 2 atom stereocenters. The molecule has 0 bridgehead atoms. The summed E-state index contributed by atoms with van der Waals surface area (Å²) in [5.41, 5.74) is 0.750. The Hall–Kier alpha value is -1.87. The number of aliphatic hydroxyl groups is 1. The number of cyclic esters (lactones) is 1. The molecule has 0 saturated heterocycles. The molecule has 1 aliphatic heterocycles. The second kappa shape index (κ2) is 6.27. The molecule has 3 rings (SSSR count). The second-order valence-corrected chi connectivity index (χ2v) is 7.01. The van der Waals surface area contributed by atoms with Crippen LogP contribution in [-0.2, 0) is 9.53 Å². The van der Waals surface area contributed by atoms with Crippen molar-refractivity contribution >= 4 is 25.4 Å². The Morgan fingerprint density at radius 3 is 2.29 bits per heavy atom. The first-order chi connectivity index (χ1) is 10.2. The third-order valence-electron chi connectivity index (χ3n) is 3.18. The summed E-state index contributed by atoms with van der Waals surface area (Å²) in [7, 11) is 0. The predicted octanol–water partition coefficient (Wildman–Crippen LogP) is 1.56. The van der Waals surface area contributed by atoms with Crippen molar-refractivity contribution in [2.75, 3.05) is 0 Å². The molecule has 0 aromatic heterocycles. The van der Waals surface area contributed by atoms with Gasteiger partial charge in [0, 0.05) is 0 Å². The molecule has 4 heteroatoms. The predicted molar refractivity (Wildman–Crippen MR) is 81.2 cm³/mol. The fourth-order valence-electron chi connectivity index (χ4n) is 2.12. The molecule has 2 aromatic rings. The van der Waals surface area contributed by atoms with Gasteiger partial charge in [0.1, 0.15) is 0 Å². The van der Waals surface area contributed by atoms with Crippen LogP contribution in [0.25, 0.3) is 0 Å². The average molecular weight is 345 g/mol. The summed E-state index contributed by atoms with van der Waals surface area (Å²) in [6, 6.07) is 19.1. The quantitative estimate of drug-likeness (QED) is 0.676. The summed E-state index contributed by atoms with van der Waals surface area (Å²) in [6.07, 6.45) is 0.340. The summed E-state index contributed by atoms with van der Waals surface area (Å²) in [6.45, 7) is 0. The van der Waals surface area contributed by atoms with Gasteiger partial charge in [-0.1, -0.05) is 0 Å². The van der Waals surface area contributed by atoms with Gasteiger partial charge in [-0.3, -0.25) is 0 Å². The molecule has 0 radical (unpaired) electrons. The standard InChI is InChI=1S/C17H14O3Se/c18-16(12-7-3-1-4-8-12)14-11-15(17(19)20-14)21-13-9-5-2-6-10-13/h1-11,14,16,18H/t14-,16+/m0/s1. The summed E-state index contributed by atoms with van der Waals surface area (Å²) in [5, 5.41) is 10.3. The molecule has 2 aromatic carbocycles. The van der Waals surface area contributed by atoms with Crippen molar-refractivity contribution in [3.05, 3.63) is 76.8 Å². The molecule has 0 saturated carbocycles. The van der Waals surface area contributed by atoms with Crippen molar-refractivity contribution in [2.45, 2.75) is 12.2 Å². The molecule has 1 aliphatic rings. The third kappa shape index (κ3) is 3.24. The SMILES string of the molecule is O=C1O[C@H]([C@H](O)c2ccccc2)C=C1[Se]c1ccccc1. The molecule has 21 heavy (non-hydrogen) atoms. The van der Waals surface area contributed by atoms with Gasteiger partial charge in [-0.2, -0.15) is 0 Å². The van der Waals surface area contributed by atoms with E-state index < -0.39 is 12.2 Å². The normalized spacial score (nSPS) is 19.0. The number of carbonyl (C=O) groups is 1. The van der Waals surface area contributed by atoms with E-state index in [1.54, 1.807) is 6.08 Å². The van der Waals surface area contributed by atoms with Gasteiger partial charge in [-0.25, -0.2) is 0 Å². The zero-order valence-electron chi connectivity index (χ0n) is 11.2. The minimum absolute atomic E-state index is 0.0937. The monoisotopic (exact) mass is 346 g/mol. The summed E-state index contributed by atoms with van der Waals surface area (Å²) in [4.78, 5) is 11.9. The molecular weight excluding hydrogens is 331 g/mol. The van der Waals surface area contributed by atoms with Crippen LogP contribution in [0.1, 0.15) is 11.7 Å². The van der Waals surface area contributed by atoms with E-state index in [9.17, 15) is 9.90 Å². The Morgan fingerprint density at radius 1 is 1.00 bits per heavy atom. The molecule has 0 unspecified atom stereocenters. The Bertz CT molecular complexity index is 652. The van der Waals surface area contributed by atoms with Crippen molar-refractivity contribution in [3.63, 3.8) is 0 Å². The third-order valence-corrected chi connectivity index (χ3v) is 5.35. The molecule has 1 N–H and O–H groups in total. The Labute approximate surface area is 129 Å². The number of carbonyl (C=O) groups excluding carboxylic acids is 1. The molecule has 0 spiro atoms. The van der Waals surface area contributed by atoms with Crippen LogP contribution in [0.3, 0.4) is 0 Å². The fourth-order valence-corrected chi connectivity index (χ4v) is 3.97. The van der Waals surface area contributed by atoms with E-state index in [2.05, 4.69) is 0 Å². The molecule has 1 heterocycles. The second-order valence-electron chi connectivity index (χ2n) is 4.67. The first kappa shape index (κ1) is 14.1. The van der Waals surface area contributed by atoms with Crippen molar-refractivity contribution < 1.29 is 14.6 Å². The van der Waals surface area contributed by atoms with Crippen molar-refractivity contribution in [2.24, 2.45) is 0 Å². The zero-order valence-corrected chi connectivity index (χ0v) is 12.9. The Kier molecular flexibility index (Phi) is 4.20. The summed E-state index contributed by atoms with van der Waals surface area (Å²) >= 11 is -0.0937. The van der Waals surface area contributed by atoms with Crippen LogP contribution in [-0.4, -0.2) is 32.1 Å². The maximum absolute atomic E-state index is 11.9. The van der Waals surface area contributed by atoms with Gasteiger partial charge in [-0.15, -0.1) is 0 Å². The first-order valence-electron chi connectivity index (χ1n) is 6.63. The molecule has 3 nitrogen and oxygen atoms in total. The van der Waals surface area contributed by atoms with Gasteiger partial charge in [-0.05, 0) is 0 Å². The molecule has 106 valence electrons. The van der Waals surface area contributed by atoms with Gasteiger partial charge in [0.05, 0.1) is 0 Å². The summed E-state index contributed by atoms with van der Waals surface area (Å²) < 4.78 is 7.07. The Morgan fingerprint density at radius 2 is 1.62 bits per heavy atom. The number of benzene rings is 2. The van der Waals surface area contributed by atoms with Gasteiger partial charge < -0.3 is 0 Å². The van der Waals surface area contributed by atoms with Crippen molar-refractivity contribution in [3.8, 4) is 0 Å². The van der Waals surface area contributed by atoms with E-state index in [0.29, 0.717) is 4.47 Å². The number of rotatable bonds is 4. The van der Waals surface area contributed by atoms with Crippen molar-refractivity contribution in [1.82, 2.24) is 0 Å². The van der Waals surface area contributed by atoms with Gasteiger partial charge in [0.15, 0.2) is 0 Å². The minimum atomic E-state index is -0.820. The van der Waals surface area contributed by atoms with E-state index in [-0.39, 0.29) is 20.9 Å². The van der Waals surface area contributed by atoms with Crippen LogP contribution in [0.4, 0.5) is 0 Å². The molecule has 0 amide bonds. The number of aliphatic hydroxyl groups excluding tert-OH is 1. The number of hydrogen-bond donors (Lipinski definition) is 1. The number of ether oxygens (including phenoxy) is 1. The van der Waals surface area contributed by atoms with E-state index in [1.807, 2.05) is 60.7 Å². The fraction of sp³-hybridized carbons (Fsp3) is 0.118. The van der Waals surface area contributed by atoms with E-state index in [0.717, 1.165) is 10.0 Å². The van der Waals surface area contributed by atoms with Crippen LogP contribution in [0.5, 0.6) is 0 Å². The molecule has 0 fully saturated rings. The van der Waals surface area contributed by atoms with Crippen molar-refractivity contribution in [1.29, 1.82) is 0 Å². The van der Waals surface area contributed by atoms with Crippen LogP contribution >= 0.6 is 0 Å². The Balaban J connectivity index is 1.76. The van der Waals surface area contributed by atoms with Gasteiger partial charge >= 0.3 is 129 Å². The molecule has 0 aliphatic carbocycles. The van der Waals surface area contributed by atoms with Crippen LogP contribution in [0, 0.1) is 0 Å². The van der Waals surface area contributed by atoms with E-state index >= 15 is 0 Å². The maximum atomic E-state index is 11.9. The average Bonchev–Trinajstić information content (AvgIpc) is 2.89.